The number of para-hydroxylation sites is 3. The van der Waals surface area contributed by atoms with Gasteiger partial charge in [-0.2, -0.15) is 0 Å². The molecule has 296 valence electrons. The first-order chi connectivity index (χ1) is 27.9. The molecule has 1 N–H and O–H groups in total. The molecular formula is C49H58N6O2. The van der Waals surface area contributed by atoms with Crippen molar-refractivity contribution in [3.8, 4) is 0 Å². The summed E-state index contributed by atoms with van der Waals surface area (Å²) < 4.78 is 0. The van der Waals surface area contributed by atoms with Crippen LogP contribution >= 0.6 is 0 Å². The zero-order chi connectivity index (χ0) is 40.2. The predicted molar refractivity (Wildman–Crippen MR) is 239 cm³/mol. The van der Waals surface area contributed by atoms with E-state index in [0.717, 1.165) is 72.0 Å². The molecule has 0 fully saturated rings. The monoisotopic (exact) mass is 762 g/mol. The quantitative estimate of drug-likeness (QED) is 0.0533. The second-order valence-electron chi connectivity index (χ2n) is 14.3. The van der Waals surface area contributed by atoms with Gasteiger partial charge >= 0.3 is 0 Å². The van der Waals surface area contributed by atoms with E-state index in [4.69, 9.17) is 0 Å². The molecule has 6 rings (SSSR count). The maximum absolute atomic E-state index is 13.3. The highest BCUT2D eigenvalue weighted by molar-refractivity contribution is 6.08. The summed E-state index contributed by atoms with van der Waals surface area (Å²) in [6, 6.07) is 37.1. The van der Waals surface area contributed by atoms with Crippen LogP contribution in [0.25, 0.3) is 21.8 Å². The third-order valence-electron chi connectivity index (χ3n) is 9.89. The van der Waals surface area contributed by atoms with Crippen molar-refractivity contribution < 1.29 is 9.59 Å². The van der Waals surface area contributed by atoms with E-state index in [1.807, 2.05) is 127 Å². The van der Waals surface area contributed by atoms with Gasteiger partial charge in [0.05, 0.1) is 40.4 Å². The Balaban J connectivity index is 0.000000219. The molecule has 0 saturated carbocycles. The Bertz CT molecular complexity index is 2190. The first-order valence-corrected chi connectivity index (χ1v) is 20.5. The SMILES string of the molecule is CCC=CCCCCCN(C)c1ccccc1C(=O)Nc1cnc2ccccc2c1.CCCCCCN(C)N(C(=O)c1ccccc1)c1cnc2ccccc2c1. The number of carbonyl (C=O) groups excluding carboxylic acids is 2. The zero-order valence-corrected chi connectivity index (χ0v) is 34.1. The second kappa shape index (κ2) is 22.6. The lowest BCUT2D eigenvalue weighted by atomic mass is 10.1. The fourth-order valence-electron chi connectivity index (χ4n) is 6.74. The lowest BCUT2D eigenvalue weighted by molar-refractivity contribution is 0.0912. The lowest BCUT2D eigenvalue weighted by Gasteiger charge is -2.32. The summed E-state index contributed by atoms with van der Waals surface area (Å²) in [5.41, 5.74) is 5.65. The number of anilines is 3. The van der Waals surface area contributed by atoms with Crippen molar-refractivity contribution in [1.82, 2.24) is 15.0 Å². The number of amides is 2. The van der Waals surface area contributed by atoms with Gasteiger partial charge in [0.1, 0.15) is 0 Å². The van der Waals surface area contributed by atoms with Crippen LogP contribution in [0.1, 0.15) is 92.4 Å². The largest absolute Gasteiger partial charge is 0.374 e. The van der Waals surface area contributed by atoms with E-state index in [-0.39, 0.29) is 11.8 Å². The number of allylic oxidation sites excluding steroid dienone is 2. The third-order valence-corrected chi connectivity index (χ3v) is 9.89. The van der Waals surface area contributed by atoms with E-state index in [2.05, 4.69) is 53.2 Å². The molecule has 0 spiro atoms. The molecular weight excluding hydrogens is 705 g/mol. The number of hydrogen-bond donors (Lipinski definition) is 1. The molecule has 8 nitrogen and oxygen atoms in total. The number of fused-ring (bicyclic) bond motifs is 2. The molecule has 0 bridgehead atoms. The number of nitrogens with one attached hydrogen (secondary N) is 1. The van der Waals surface area contributed by atoms with Crippen LogP contribution in [-0.2, 0) is 0 Å². The maximum atomic E-state index is 13.3. The molecule has 0 aliphatic carbocycles. The Morgan fingerprint density at radius 2 is 1.28 bits per heavy atom. The molecule has 0 unspecified atom stereocenters. The molecule has 0 aliphatic heterocycles. The maximum Gasteiger partial charge on any atom is 0.272 e. The van der Waals surface area contributed by atoms with Gasteiger partial charge in [-0.15, -0.1) is 0 Å². The summed E-state index contributed by atoms with van der Waals surface area (Å²) in [5.74, 6) is -0.148. The van der Waals surface area contributed by atoms with Gasteiger partial charge in [-0.1, -0.05) is 118 Å². The fraction of sp³-hybridized carbons (Fsp3) is 0.306. The van der Waals surface area contributed by atoms with Gasteiger partial charge < -0.3 is 10.2 Å². The van der Waals surface area contributed by atoms with E-state index in [1.165, 1.54) is 32.1 Å². The lowest BCUT2D eigenvalue weighted by Crippen LogP contribution is -2.45. The molecule has 2 heterocycles. The van der Waals surface area contributed by atoms with Gasteiger partial charge in [0, 0.05) is 49.2 Å². The number of carbonyl (C=O) groups is 2. The standard InChI is InChI=1S/C26H31N3O.C23H27N3O/c1-3-4-5-6-7-8-13-18-29(2)25-17-12-10-15-23(25)26(30)28-22-19-21-14-9-11-16-24(21)27-20-22;1-3-4-5-11-16-25(2)26(23(27)19-12-7-6-8-13-19)21-17-20-14-9-10-15-22(20)24-18-21/h4-5,9-12,14-17,19-20H,3,6-8,13,18H2,1-2H3,(H,28,30);6-10,12-15,17-18H,3-5,11,16H2,1-2H3. The average Bonchev–Trinajstić information content (AvgIpc) is 3.25. The van der Waals surface area contributed by atoms with Crippen LogP contribution in [-0.4, -0.2) is 54.0 Å². The number of nitrogens with zero attached hydrogens (tertiary/aromatic N) is 5. The van der Waals surface area contributed by atoms with Gasteiger partial charge in [-0.05, 0) is 80.6 Å². The molecule has 6 aromatic rings. The third kappa shape index (κ3) is 12.6. The van der Waals surface area contributed by atoms with Crippen LogP contribution in [0.2, 0.25) is 0 Å². The minimum Gasteiger partial charge on any atom is -0.374 e. The molecule has 0 atom stereocenters. The van der Waals surface area contributed by atoms with Crippen molar-refractivity contribution in [1.29, 1.82) is 0 Å². The Kier molecular flexibility index (Phi) is 16.8. The van der Waals surface area contributed by atoms with Crippen LogP contribution in [0.15, 0.2) is 140 Å². The number of hydrogen-bond acceptors (Lipinski definition) is 6. The first kappa shape index (κ1) is 42.3. The van der Waals surface area contributed by atoms with E-state index >= 15 is 0 Å². The van der Waals surface area contributed by atoms with Crippen molar-refractivity contribution in [2.45, 2.75) is 71.6 Å². The number of unbranched alkanes of at least 4 members (excludes halogenated alkanes) is 6. The van der Waals surface area contributed by atoms with Crippen LogP contribution in [0.4, 0.5) is 17.1 Å². The number of pyridine rings is 2. The van der Waals surface area contributed by atoms with Crippen LogP contribution in [0.3, 0.4) is 0 Å². The molecule has 0 aliphatic rings. The number of rotatable bonds is 18. The summed E-state index contributed by atoms with van der Waals surface area (Å²) in [6.07, 6.45) is 18.4. The highest BCUT2D eigenvalue weighted by Gasteiger charge is 2.22. The van der Waals surface area contributed by atoms with Crippen molar-refractivity contribution in [2.75, 3.05) is 42.4 Å². The number of aromatic nitrogens is 2. The van der Waals surface area contributed by atoms with Crippen LogP contribution in [0.5, 0.6) is 0 Å². The second-order valence-corrected chi connectivity index (χ2v) is 14.3. The van der Waals surface area contributed by atoms with Crippen molar-refractivity contribution >= 4 is 50.7 Å². The Morgan fingerprint density at radius 1 is 0.649 bits per heavy atom. The summed E-state index contributed by atoms with van der Waals surface area (Å²) in [6.45, 7) is 6.12. The fourth-order valence-corrected chi connectivity index (χ4v) is 6.74. The van der Waals surface area contributed by atoms with E-state index in [1.54, 1.807) is 17.4 Å². The van der Waals surface area contributed by atoms with Crippen molar-refractivity contribution in [3.63, 3.8) is 0 Å². The first-order valence-electron chi connectivity index (χ1n) is 20.5. The normalized spacial score (nSPS) is 11.1. The summed E-state index contributed by atoms with van der Waals surface area (Å²) in [4.78, 5) is 37.4. The molecule has 8 heteroatoms. The van der Waals surface area contributed by atoms with Crippen LogP contribution in [0, 0.1) is 0 Å². The van der Waals surface area contributed by atoms with Gasteiger partial charge in [0.25, 0.3) is 11.8 Å². The van der Waals surface area contributed by atoms with Crippen LogP contribution < -0.4 is 15.2 Å². The van der Waals surface area contributed by atoms with E-state index < -0.39 is 0 Å². The zero-order valence-electron chi connectivity index (χ0n) is 34.1. The van der Waals surface area contributed by atoms with E-state index in [0.29, 0.717) is 16.8 Å². The molecule has 2 amide bonds. The minimum atomic E-state index is -0.112. The summed E-state index contributed by atoms with van der Waals surface area (Å²) in [5, 5.41) is 8.80. The van der Waals surface area contributed by atoms with Gasteiger partial charge in [-0.3, -0.25) is 19.6 Å². The van der Waals surface area contributed by atoms with Crippen molar-refractivity contribution in [2.24, 2.45) is 0 Å². The number of benzene rings is 4. The van der Waals surface area contributed by atoms with Gasteiger partial charge in [0.15, 0.2) is 0 Å². The molecule has 4 aromatic carbocycles. The smallest absolute Gasteiger partial charge is 0.272 e. The summed E-state index contributed by atoms with van der Waals surface area (Å²) >= 11 is 0. The topological polar surface area (TPSA) is 81.7 Å². The highest BCUT2D eigenvalue weighted by Crippen LogP contribution is 2.25. The van der Waals surface area contributed by atoms with Gasteiger partial charge in [-0.25, -0.2) is 10.0 Å². The molecule has 2 aromatic heterocycles. The molecule has 57 heavy (non-hydrogen) atoms. The van der Waals surface area contributed by atoms with Crippen molar-refractivity contribution in [3.05, 3.63) is 151 Å². The Morgan fingerprint density at radius 3 is 2.02 bits per heavy atom. The average molecular weight is 763 g/mol. The Hall–Kier alpha value is -5.86. The molecule has 0 saturated heterocycles. The van der Waals surface area contributed by atoms with Gasteiger partial charge in [0.2, 0.25) is 0 Å². The van der Waals surface area contributed by atoms with E-state index in [9.17, 15) is 9.59 Å². The highest BCUT2D eigenvalue weighted by atomic mass is 16.2. The Labute approximate surface area is 339 Å². The predicted octanol–water partition coefficient (Wildman–Crippen LogP) is 11.8. The summed E-state index contributed by atoms with van der Waals surface area (Å²) in [7, 11) is 4.03. The molecule has 0 radical (unpaired) electrons. The minimum absolute atomic E-state index is 0.0364. The number of hydrazine groups is 1.